The first-order valence-corrected chi connectivity index (χ1v) is 12.9. The van der Waals surface area contributed by atoms with Crippen molar-refractivity contribution in [2.75, 3.05) is 36.9 Å². The first-order chi connectivity index (χ1) is 16.7. The second-order valence-corrected chi connectivity index (χ2v) is 10.9. The Morgan fingerprint density at radius 2 is 2.17 bits per heavy atom. The average molecular weight is 548 g/mol. The maximum atomic E-state index is 12.0. The molecule has 1 saturated carbocycles. The molecule has 190 valence electrons. The number of carbonyl (C=O) groups excluding carboxylic acids is 1. The predicted octanol–water partition coefficient (Wildman–Crippen LogP) is 4.72. The van der Waals surface area contributed by atoms with Gasteiger partial charge in [-0.15, -0.1) is 0 Å². The van der Waals surface area contributed by atoms with Crippen LogP contribution in [0.2, 0.25) is 0 Å². The van der Waals surface area contributed by atoms with Gasteiger partial charge in [0.1, 0.15) is 28.0 Å². The fraction of sp³-hybridized carbons (Fsp3) is 0.583. The molecular weight excluding hydrogens is 512 g/mol. The molecule has 0 aromatic carbocycles. The number of anilines is 2. The highest BCUT2D eigenvalue weighted by Crippen LogP contribution is 2.38. The van der Waals surface area contributed by atoms with Crippen molar-refractivity contribution in [1.29, 1.82) is 0 Å². The van der Waals surface area contributed by atoms with Gasteiger partial charge in [-0.3, -0.25) is 5.10 Å². The molecule has 3 aromatic rings. The summed E-state index contributed by atoms with van der Waals surface area (Å²) in [5.41, 5.74) is 1.53. The van der Waals surface area contributed by atoms with Crippen LogP contribution in [-0.4, -0.2) is 63.1 Å². The van der Waals surface area contributed by atoms with E-state index in [0.717, 1.165) is 65.9 Å². The molecule has 3 heterocycles. The fourth-order valence-corrected chi connectivity index (χ4v) is 5.27. The molecule has 4 rings (SSSR count). The molecule has 2 atom stereocenters. The number of ether oxygens (including phenoxy) is 1. The third-order valence-corrected chi connectivity index (χ3v) is 6.90. The summed E-state index contributed by atoms with van der Waals surface area (Å²) in [6.07, 6.45) is 9.40. The van der Waals surface area contributed by atoms with Gasteiger partial charge in [0.05, 0.1) is 17.3 Å². The van der Waals surface area contributed by atoms with E-state index in [4.69, 9.17) is 4.74 Å². The van der Waals surface area contributed by atoms with Crippen molar-refractivity contribution in [1.82, 2.24) is 30.0 Å². The molecule has 1 aliphatic carbocycles. The number of carbonyl (C=O) groups is 1. The minimum Gasteiger partial charge on any atom is -0.444 e. The van der Waals surface area contributed by atoms with Gasteiger partial charge in [0, 0.05) is 38.9 Å². The van der Waals surface area contributed by atoms with E-state index in [9.17, 15) is 4.79 Å². The number of alkyl carbamates (subject to hydrolysis) is 1. The van der Waals surface area contributed by atoms with Crippen molar-refractivity contribution in [3.05, 3.63) is 29.4 Å². The Morgan fingerprint density at radius 3 is 2.89 bits per heavy atom. The van der Waals surface area contributed by atoms with Gasteiger partial charge < -0.3 is 24.8 Å². The SMILES string of the molecule is CNc1ncnc2c1ccn2C1CCC(CN(CCCNC(=O)OC(C)(C)C)c2cn[nH]c2Br)C1. The normalized spacial score (nSPS) is 18.1. The van der Waals surface area contributed by atoms with E-state index in [-0.39, 0.29) is 6.09 Å². The van der Waals surface area contributed by atoms with Crippen molar-refractivity contribution in [3.8, 4) is 0 Å². The number of fused-ring (bicyclic) bond motifs is 1. The molecule has 35 heavy (non-hydrogen) atoms. The zero-order chi connectivity index (χ0) is 25.0. The number of H-pyrrole nitrogens is 1. The summed E-state index contributed by atoms with van der Waals surface area (Å²) < 4.78 is 8.52. The Morgan fingerprint density at radius 1 is 1.34 bits per heavy atom. The molecule has 1 fully saturated rings. The molecule has 0 spiro atoms. The number of nitrogens with one attached hydrogen (secondary N) is 3. The quantitative estimate of drug-likeness (QED) is 0.332. The van der Waals surface area contributed by atoms with Gasteiger partial charge in [-0.1, -0.05) is 0 Å². The van der Waals surface area contributed by atoms with Crippen molar-refractivity contribution in [2.24, 2.45) is 5.92 Å². The number of aromatic amines is 1. The predicted molar refractivity (Wildman–Crippen MR) is 141 cm³/mol. The maximum absolute atomic E-state index is 12.0. The Labute approximate surface area is 214 Å². The second-order valence-electron chi connectivity index (χ2n) is 10.1. The van der Waals surface area contributed by atoms with Crippen molar-refractivity contribution in [3.63, 3.8) is 0 Å². The minimum atomic E-state index is -0.498. The molecule has 0 aliphatic heterocycles. The smallest absolute Gasteiger partial charge is 0.407 e. The lowest BCUT2D eigenvalue weighted by molar-refractivity contribution is 0.0527. The number of hydrogen-bond acceptors (Lipinski definition) is 7. The largest absolute Gasteiger partial charge is 0.444 e. The summed E-state index contributed by atoms with van der Waals surface area (Å²) in [6, 6.07) is 2.52. The van der Waals surface area contributed by atoms with Crippen molar-refractivity contribution < 1.29 is 9.53 Å². The van der Waals surface area contributed by atoms with Crippen LogP contribution in [0.15, 0.2) is 29.4 Å². The zero-order valence-electron chi connectivity index (χ0n) is 20.8. The second kappa shape index (κ2) is 10.8. The van der Waals surface area contributed by atoms with Crippen LogP contribution < -0.4 is 15.5 Å². The van der Waals surface area contributed by atoms with E-state index in [2.05, 4.69) is 68.5 Å². The number of amides is 1. The first-order valence-electron chi connectivity index (χ1n) is 12.1. The lowest BCUT2D eigenvalue weighted by Gasteiger charge is -2.27. The Kier molecular flexibility index (Phi) is 7.83. The summed E-state index contributed by atoms with van der Waals surface area (Å²) in [7, 11) is 1.89. The van der Waals surface area contributed by atoms with Crippen LogP contribution in [0.5, 0.6) is 0 Å². The third kappa shape index (κ3) is 6.25. The molecule has 3 N–H and O–H groups in total. The highest BCUT2D eigenvalue weighted by molar-refractivity contribution is 9.10. The molecule has 1 aliphatic rings. The summed E-state index contributed by atoms with van der Waals surface area (Å²) >= 11 is 3.59. The molecule has 11 heteroatoms. The fourth-order valence-electron chi connectivity index (χ4n) is 4.81. The molecule has 10 nitrogen and oxygen atoms in total. The maximum Gasteiger partial charge on any atom is 0.407 e. The standard InChI is InChI=1S/C24H35BrN8O2/c1-24(2,3)35-23(34)27-9-5-10-32(19-13-30-31-20(19)25)14-16-6-7-17(12-16)33-11-8-18-21(26-4)28-15-29-22(18)33/h8,11,13,15-17H,5-7,9-10,12,14H2,1-4H3,(H,27,34)(H,30,31)(H,26,28,29). The minimum absolute atomic E-state index is 0.378. The van der Waals surface area contributed by atoms with Crippen molar-refractivity contribution >= 4 is 44.6 Å². The number of halogens is 1. The highest BCUT2D eigenvalue weighted by Gasteiger charge is 2.29. The van der Waals surface area contributed by atoms with Gasteiger partial charge >= 0.3 is 6.09 Å². The monoisotopic (exact) mass is 546 g/mol. The molecule has 0 saturated heterocycles. The van der Waals surface area contributed by atoms with Gasteiger partial charge in [0.2, 0.25) is 0 Å². The molecule has 3 aromatic heterocycles. The van der Waals surface area contributed by atoms with Gasteiger partial charge in [-0.25, -0.2) is 14.8 Å². The molecule has 0 radical (unpaired) electrons. The van der Waals surface area contributed by atoms with Gasteiger partial charge in [0.15, 0.2) is 0 Å². The van der Waals surface area contributed by atoms with Crippen LogP contribution in [0.1, 0.15) is 52.5 Å². The van der Waals surface area contributed by atoms with E-state index in [1.54, 1.807) is 6.33 Å². The third-order valence-electron chi connectivity index (χ3n) is 6.32. The average Bonchev–Trinajstić information content (AvgIpc) is 3.53. The lowest BCUT2D eigenvalue weighted by Crippen LogP contribution is -2.35. The van der Waals surface area contributed by atoms with E-state index in [1.807, 2.05) is 34.0 Å². The Bertz CT molecular complexity index is 1140. The summed E-state index contributed by atoms with van der Waals surface area (Å²) in [4.78, 5) is 23.2. The number of hydrogen-bond donors (Lipinski definition) is 3. The topological polar surface area (TPSA) is 113 Å². The summed E-state index contributed by atoms with van der Waals surface area (Å²) in [6.45, 7) is 7.88. The van der Waals surface area contributed by atoms with Crippen molar-refractivity contribution in [2.45, 2.75) is 58.1 Å². The van der Waals surface area contributed by atoms with Gasteiger partial charge in [0.25, 0.3) is 0 Å². The molecular formula is C24H35BrN8O2. The van der Waals surface area contributed by atoms with Gasteiger partial charge in [-0.05, 0) is 74.4 Å². The first kappa shape index (κ1) is 25.3. The van der Waals surface area contributed by atoms with Crippen LogP contribution in [-0.2, 0) is 4.74 Å². The Balaban J connectivity index is 1.37. The van der Waals surface area contributed by atoms with Crippen LogP contribution in [0, 0.1) is 5.92 Å². The number of rotatable bonds is 9. The molecule has 2 unspecified atom stereocenters. The highest BCUT2D eigenvalue weighted by atomic mass is 79.9. The van der Waals surface area contributed by atoms with Crippen LogP contribution in [0.4, 0.5) is 16.3 Å². The van der Waals surface area contributed by atoms with Crippen LogP contribution in [0.25, 0.3) is 11.0 Å². The summed E-state index contributed by atoms with van der Waals surface area (Å²) in [5, 5.41) is 14.2. The Hall–Kier alpha value is -2.82. The molecule has 0 bridgehead atoms. The summed E-state index contributed by atoms with van der Waals surface area (Å²) in [5.74, 6) is 1.41. The van der Waals surface area contributed by atoms with E-state index < -0.39 is 5.60 Å². The van der Waals surface area contributed by atoms with E-state index in [1.165, 1.54) is 0 Å². The van der Waals surface area contributed by atoms with Gasteiger partial charge in [-0.2, -0.15) is 5.10 Å². The van der Waals surface area contributed by atoms with Crippen LogP contribution in [0.3, 0.4) is 0 Å². The number of nitrogens with zero attached hydrogens (tertiary/aromatic N) is 5. The van der Waals surface area contributed by atoms with E-state index >= 15 is 0 Å². The zero-order valence-corrected chi connectivity index (χ0v) is 22.4. The van der Waals surface area contributed by atoms with E-state index in [0.29, 0.717) is 18.5 Å². The molecule has 1 amide bonds. The number of aromatic nitrogens is 5. The van der Waals surface area contributed by atoms with Crippen LogP contribution >= 0.6 is 15.9 Å². The lowest BCUT2D eigenvalue weighted by atomic mass is 10.1.